The largest absolute Gasteiger partial charge is 0.394 e. The fraction of sp³-hybridized carbons (Fsp3) is 0.300. The summed E-state index contributed by atoms with van der Waals surface area (Å²) in [6.07, 6.45) is 2.77. The van der Waals surface area contributed by atoms with Gasteiger partial charge < -0.3 is 10.4 Å². The van der Waals surface area contributed by atoms with E-state index in [4.69, 9.17) is 0 Å². The van der Waals surface area contributed by atoms with Gasteiger partial charge in [-0.15, -0.1) is 0 Å². The number of nitrogens with zero attached hydrogens (tertiary/aromatic N) is 2. The number of rotatable bonds is 7. The zero-order chi connectivity index (χ0) is 17.6. The standard InChI is InChI=1S/C20H23N3O2/c1-15-7-8-17-13-21-23(19(17)11-15)10-9-20(25)22-18(14-24)12-16-5-3-2-4-6-16/h2-8,11,13,18,24H,9-10,12,14H2,1H3,(H,22,25)/t18-/m0/s1. The van der Waals surface area contributed by atoms with Crippen LogP contribution in [0.2, 0.25) is 0 Å². The van der Waals surface area contributed by atoms with Crippen LogP contribution in [-0.2, 0) is 17.8 Å². The molecular weight excluding hydrogens is 314 g/mol. The molecule has 1 aromatic heterocycles. The molecule has 2 aromatic carbocycles. The molecule has 5 nitrogen and oxygen atoms in total. The maximum atomic E-state index is 12.2. The average molecular weight is 337 g/mol. The van der Waals surface area contributed by atoms with Crippen LogP contribution >= 0.6 is 0 Å². The third-order valence-corrected chi connectivity index (χ3v) is 4.26. The van der Waals surface area contributed by atoms with Crippen molar-refractivity contribution in [1.29, 1.82) is 0 Å². The molecule has 0 aliphatic rings. The second-order valence-corrected chi connectivity index (χ2v) is 6.32. The van der Waals surface area contributed by atoms with E-state index >= 15 is 0 Å². The Morgan fingerprint density at radius 2 is 2.04 bits per heavy atom. The van der Waals surface area contributed by atoms with Crippen molar-refractivity contribution in [2.75, 3.05) is 6.61 Å². The van der Waals surface area contributed by atoms with Crippen LogP contribution in [0.1, 0.15) is 17.5 Å². The minimum Gasteiger partial charge on any atom is -0.394 e. The van der Waals surface area contributed by atoms with Gasteiger partial charge in [-0.3, -0.25) is 9.48 Å². The van der Waals surface area contributed by atoms with E-state index in [1.807, 2.05) is 54.2 Å². The lowest BCUT2D eigenvalue weighted by Crippen LogP contribution is -2.39. The molecule has 130 valence electrons. The van der Waals surface area contributed by atoms with Crippen LogP contribution in [-0.4, -0.2) is 33.4 Å². The SMILES string of the molecule is Cc1ccc2cnn(CCC(=O)N[C@H](CO)Cc3ccccc3)c2c1. The Hall–Kier alpha value is -2.66. The Labute approximate surface area is 147 Å². The molecule has 0 spiro atoms. The minimum atomic E-state index is -0.272. The molecule has 0 unspecified atom stereocenters. The summed E-state index contributed by atoms with van der Waals surface area (Å²) in [5.74, 6) is -0.0775. The number of aliphatic hydroxyl groups excluding tert-OH is 1. The van der Waals surface area contributed by atoms with Crippen LogP contribution in [0, 0.1) is 6.92 Å². The summed E-state index contributed by atoms with van der Waals surface area (Å²) in [7, 11) is 0. The van der Waals surface area contributed by atoms with Crippen LogP contribution in [0.15, 0.2) is 54.7 Å². The topological polar surface area (TPSA) is 67.2 Å². The van der Waals surface area contributed by atoms with Crippen molar-refractivity contribution >= 4 is 16.8 Å². The van der Waals surface area contributed by atoms with E-state index < -0.39 is 0 Å². The highest BCUT2D eigenvalue weighted by Crippen LogP contribution is 2.15. The van der Waals surface area contributed by atoms with Crippen molar-refractivity contribution in [2.24, 2.45) is 0 Å². The van der Waals surface area contributed by atoms with E-state index in [9.17, 15) is 9.90 Å². The fourth-order valence-electron chi connectivity index (χ4n) is 2.93. The zero-order valence-electron chi connectivity index (χ0n) is 14.4. The van der Waals surface area contributed by atoms with Crippen molar-refractivity contribution in [3.63, 3.8) is 0 Å². The number of hydrogen-bond acceptors (Lipinski definition) is 3. The minimum absolute atomic E-state index is 0.0775. The predicted molar refractivity (Wildman–Crippen MR) is 98.2 cm³/mol. The van der Waals surface area contributed by atoms with Gasteiger partial charge in [0.15, 0.2) is 0 Å². The summed E-state index contributed by atoms with van der Waals surface area (Å²) in [6.45, 7) is 2.48. The van der Waals surface area contributed by atoms with Crippen molar-refractivity contribution < 1.29 is 9.90 Å². The first-order valence-corrected chi connectivity index (χ1v) is 8.52. The summed E-state index contributed by atoms with van der Waals surface area (Å²) in [6, 6.07) is 15.7. The molecule has 0 bridgehead atoms. The van der Waals surface area contributed by atoms with E-state index in [1.165, 1.54) is 5.56 Å². The van der Waals surface area contributed by atoms with E-state index in [1.54, 1.807) is 0 Å². The molecule has 3 aromatic rings. The Bertz CT molecular complexity index is 843. The molecule has 0 radical (unpaired) electrons. The molecule has 1 amide bonds. The van der Waals surface area contributed by atoms with Crippen molar-refractivity contribution in [2.45, 2.75) is 32.4 Å². The van der Waals surface area contributed by atoms with Gasteiger partial charge in [0.25, 0.3) is 0 Å². The van der Waals surface area contributed by atoms with Gasteiger partial charge in [0.1, 0.15) is 0 Å². The van der Waals surface area contributed by atoms with E-state index in [-0.39, 0.29) is 18.6 Å². The van der Waals surface area contributed by atoms with Gasteiger partial charge in [0, 0.05) is 11.8 Å². The molecule has 3 rings (SSSR count). The number of aryl methyl sites for hydroxylation is 2. The highest BCUT2D eigenvalue weighted by molar-refractivity contribution is 5.80. The second kappa shape index (κ2) is 7.94. The van der Waals surface area contributed by atoms with Crippen molar-refractivity contribution in [1.82, 2.24) is 15.1 Å². The highest BCUT2D eigenvalue weighted by Gasteiger charge is 2.13. The maximum Gasteiger partial charge on any atom is 0.222 e. The van der Waals surface area contributed by atoms with Crippen LogP contribution in [0.3, 0.4) is 0 Å². The van der Waals surface area contributed by atoms with Gasteiger partial charge in [-0.1, -0.05) is 42.5 Å². The lowest BCUT2D eigenvalue weighted by atomic mass is 10.1. The average Bonchev–Trinajstić information content (AvgIpc) is 3.02. The van der Waals surface area contributed by atoms with Gasteiger partial charge in [0.05, 0.1) is 30.9 Å². The van der Waals surface area contributed by atoms with Crippen molar-refractivity contribution in [3.05, 3.63) is 65.9 Å². The Kier molecular flexibility index (Phi) is 5.46. The van der Waals surface area contributed by atoms with E-state index in [0.29, 0.717) is 19.4 Å². The molecular formula is C20H23N3O2. The maximum absolute atomic E-state index is 12.2. The summed E-state index contributed by atoms with van der Waals surface area (Å²) in [4.78, 5) is 12.2. The summed E-state index contributed by atoms with van der Waals surface area (Å²) in [5.41, 5.74) is 3.30. The lowest BCUT2D eigenvalue weighted by Gasteiger charge is -2.16. The molecule has 5 heteroatoms. The fourth-order valence-corrected chi connectivity index (χ4v) is 2.93. The van der Waals surface area contributed by atoms with Gasteiger partial charge in [0.2, 0.25) is 5.91 Å². The zero-order valence-corrected chi connectivity index (χ0v) is 14.4. The number of fused-ring (bicyclic) bond motifs is 1. The molecule has 0 aliphatic heterocycles. The molecule has 1 heterocycles. The summed E-state index contributed by atoms with van der Waals surface area (Å²) in [5, 5.41) is 17.9. The van der Waals surface area contributed by atoms with Gasteiger partial charge in [-0.25, -0.2) is 0 Å². The van der Waals surface area contributed by atoms with Crippen LogP contribution in [0.4, 0.5) is 0 Å². The van der Waals surface area contributed by atoms with Gasteiger partial charge >= 0.3 is 0 Å². The predicted octanol–water partition coefficient (Wildman–Crippen LogP) is 2.45. The molecule has 2 N–H and O–H groups in total. The van der Waals surface area contributed by atoms with Crippen LogP contribution in [0.5, 0.6) is 0 Å². The molecule has 0 fully saturated rings. The number of aliphatic hydroxyl groups is 1. The first-order chi connectivity index (χ1) is 12.2. The first-order valence-electron chi connectivity index (χ1n) is 8.52. The smallest absolute Gasteiger partial charge is 0.222 e. The lowest BCUT2D eigenvalue weighted by molar-refractivity contribution is -0.122. The number of aromatic nitrogens is 2. The number of amides is 1. The first kappa shape index (κ1) is 17.2. The number of carbonyl (C=O) groups is 1. The van der Waals surface area contributed by atoms with E-state index in [0.717, 1.165) is 16.5 Å². The summed E-state index contributed by atoms with van der Waals surface area (Å²) >= 11 is 0. The normalized spacial score (nSPS) is 12.2. The number of nitrogens with one attached hydrogen (secondary N) is 1. The van der Waals surface area contributed by atoms with Gasteiger partial charge in [-0.05, 0) is 30.5 Å². The number of benzene rings is 2. The molecule has 25 heavy (non-hydrogen) atoms. The number of hydrogen-bond donors (Lipinski definition) is 2. The van der Waals surface area contributed by atoms with Crippen LogP contribution in [0.25, 0.3) is 10.9 Å². The molecule has 1 atom stereocenters. The van der Waals surface area contributed by atoms with Gasteiger partial charge in [-0.2, -0.15) is 5.10 Å². The molecule has 0 saturated carbocycles. The molecule has 0 saturated heterocycles. The van der Waals surface area contributed by atoms with Crippen molar-refractivity contribution in [3.8, 4) is 0 Å². The Morgan fingerprint density at radius 3 is 2.80 bits per heavy atom. The Balaban J connectivity index is 1.57. The Morgan fingerprint density at radius 1 is 1.24 bits per heavy atom. The monoisotopic (exact) mass is 337 g/mol. The number of carbonyl (C=O) groups excluding carboxylic acids is 1. The second-order valence-electron chi connectivity index (χ2n) is 6.32. The molecule has 0 aliphatic carbocycles. The third kappa shape index (κ3) is 4.45. The quantitative estimate of drug-likeness (QED) is 0.696. The third-order valence-electron chi connectivity index (χ3n) is 4.26. The van der Waals surface area contributed by atoms with Crippen LogP contribution < -0.4 is 5.32 Å². The highest BCUT2D eigenvalue weighted by atomic mass is 16.3. The van der Waals surface area contributed by atoms with E-state index in [2.05, 4.69) is 22.5 Å². The summed E-state index contributed by atoms with van der Waals surface area (Å²) < 4.78 is 1.85.